The Labute approximate surface area is 172 Å². The molecule has 29 heavy (non-hydrogen) atoms. The first kappa shape index (κ1) is 21.1. The summed E-state index contributed by atoms with van der Waals surface area (Å²) in [6.45, 7) is 5.69. The van der Waals surface area contributed by atoms with Crippen LogP contribution in [-0.4, -0.2) is 64.8 Å². The summed E-state index contributed by atoms with van der Waals surface area (Å²) in [6, 6.07) is 6.07. The third kappa shape index (κ3) is 5.08. The van der Waals surface area contributed by atoms with Crippen molar-refractivity contribution in [2.24, 2.45) is 11.8 Å². The van der Waals surface area contributed by atoms with Gasteiger partial charge in [0.15, 0.2) is 0 Å². The quantitative estimate of drug-likeness (QED) is 0.731. The number of piperazine rings is 1. The molecule has 0 spiro atoms. The molecule has 1 saturated heterocycles. The molecule has 2 fully saturated rings. The summed E-state index contributed by atoms with van der Waals surface area (Å²) < 4.78 is 0. The van der Waals surface area contributed by atoms with Crippen LogP contribution >= 0.6 is 0 Å². The van der Waals surface area contributed by atoms with Crippen molar-refractivity contribution in [1.82, 2.24) is 15.1 Å². The Morgan fingerprint density at radius 2 is 2.00 bits per heavy atom. The van der Waals surface area contributed by atoms with Crippen molar-refractivity contribution < 1.29 is 19.5 Å². The minimum atomic E-state index is -0.396. The number of amides is 3. The average molecular weight is 402 g/mol. The largest absolute Gasteiger partial charge is 0.508 e. The second-order valence-corrected chi connectivity index (χ2v) is 8.06. The maximum atomic E-state index is 12.8. The predicted octanol–water partition coefficient (Wildman–Crippen LogP) is 2.01. The highest BCUT2D eigenvalue weighted by atomic mass is 16.3. The minimum absolute atomic E-state index is 0.00754. The van der Waals surface area contributed by atoms with Gasteiger partial charge in [0.2, 0.25) is 11.8 Å². The summed E-state index contributed by atoms with van der Waals surface area (Å²) in [7, 11) is 0. The molecule has 2 aliphatic rings. The molecule has 1 heterocycles. The molecule has 3 rings (SSSR count). The molecule has 1 aromatic carbocycles. The van der Waals surface area contributed by atoms with Gasteiger partial charge in [0.1, 0.15) is 5.75 Å². The monoisotopic (exact) mass is 401 g/mol. The topological polar surface area (TPSA) is 89.9 Å². The Kier molecular flexibility index (Phi) is 6.77. The fourth-order valence-electron chi connectivity index (χ4n) is 4.18. The molecular formula is C22H31N3O4. The van der Waals surface area contributed by atoms with Gasteiger partial charge in [-0.2, -0.15) is 0 Å². The number of rotatable bonds is 7. The van der Waals surface area contributed by atoms with Crippen molar-refractivity contribution in [3.63, 3.8) is 0 Å². The van der Waals surface area contributed by atoms with Crippen LogP contribution < -0.4 is 5.32 Å². The number of phenols is 1. The Morgan fingerprint density at radius 1 is 1.21 bits per heavy atom. The number of carbonyl (C=O) groups is 3. The van der Waals surface area contributed by atoms with Crippen LogP contribution in [0.25, 0.3) is 0 Å². The maximum absolute atomic E-state index is 12.8. The van der Waals surface area contributed by atoms with Crippen LogP contribution in [-0.2, 0) is 9.59 Å². The molecule has 158 valence electrons. The van der Waals surface area contributed by atoms with E-state index in [-0.39, 0.29) is 36.1 Å². The number of hydrogen-bond acceptors (Lipinski definition) is 4. The highest BCUT2D eigenvalue weighted by Crippen LogP contribution is 2.43. The molecule has 1 aliphatic heterocycles. The lowest BCUT2D eigenvalue weighted by molar-refractivity contribution is -0.143. The number of hydrogen-bond donors (Lipinski definition) is 2. The zero-order valence-corrected chi connectivity index (χ0v) is 17.3. The van der Waals surface area contributed by atoms with Crippen molar-refractivity contribution >= 4 is 17.7 Å². The van der Waals surface area contributed by atoms with E-state index in [4.69, 9.17) is 0 Å². The summed E-state index contributed by atoms with van der Waals surface area (Å²) in [4.78, 5) is 41.4. The van der Waals surface area contributed by atoms with Crippen molar-refractivity contribution in [3.8, 4) is 5.75 Å². The zero-order valence-electron chi connectivity index (χ0n) is 17.3. The van der Waals surface area contributed by atoms with E-state index in [1.807, 2.05) is 4.90 Å². The van der Waals surface area contributed by atoms with Crippen molar-refractivity contribution in [2.75, 3.05) is 26.2 Å². The lowest BCUT2D eigenvalue weighted by Crippen LogP contribution is -2.58. The maximum Gasteiger partial charge on any atom is 0.251 e. The number of aromatic hydroxyl groups is 1. The van der Waals surface area contributed by atoms with Gasteiger partial charge in [0.25, 0.3) is 5.91 Å². The molecule has 1 saturated carbocycles. The van der Waals surface area contributed by atoms with Crippen LogP contribution in [0.4, 0.5) is 0 Å². The Morgan fingerprint density at radius 3 is 2.66 bits per heavy atom. The van der Waals surface area contributed by atoms with Crippen molar-refractivity contribution in [2.45, 2.75) is 45.6 Å². The number of benzene rings is 1. The first-order valence-corrected chi connectivity index (χ1v) is 10.6. The summed E-state index contributed by atoms with van der Waals surface area (Å²) in [6.07, 6.45) is 3.86. The van der Waals surface area contributed by atoms with Gasteiger partial charge >= 0.3 is 0 Å². The van der Waals surface area contributed by atoms with Gasteiger partial charge in [-0.3, -0.25) is 14.4 Å². The van der Waals surface area contributed by atoms with Gasteiger partial charge < -0.3 is 20.2 Å². The van der Waals surface area contributed by atoms with Crippen molar-refractivity contribution in [3.05, 3.63) is 29.8 Å². The Hall–Kier alpha value is -2.57. The van der Waals surface area contributed by atoms with E-state index >= 15 is 0 Å². The van der Waals surface area contributed by atoms with Gasteiger partial charge in [-0.15, -0.1) is 0 Å². The zero-order chi connectivity index (χ0) is 21.0. The van der Waals surface area contributed by atoms with E-state index in [9.17, 15) is 19.5 Å². The lowest BCUT2D eigenvalue weighted by Gasteiger charge is -2.42. The molecule has 2 N–H and O–H groups in total. The summed E-state index contributed by atoms with van der Waals surface area (Å²) in [5.41, 5.74) is 0.312. The van der Waals surface area contributed by atoms with Crippen LogP contribution in [0.2, 0.25) is 0 Å². The SMILES string of the molecule is CCCC1CN(C(=O)CNC(=O)c2cccc(O)c2)CCN1C(=O)[C@@H]1C[C@H]1CC. The van der Waals surface area contributed by atoms with E-state index in [1.54, 1.807) is 17.0 Å². The van der Waals surface area contributed by atoms with Gasteiger partial charge in [-0.25, -0.2) is 0 Å². The van der Waals surface area contributed by atoms with Crippen LogP contribution in [0.3, 0.4) is 0 Å². The van der Waals surface area contributed by atoms with Crippen LogP contribution in [0.1, 0.15) is 49.9 Å². The van der Waals surface area contributed by atoms with Gasteiger partial charge in [0, 0.05) is 37.2 Å². The van der Waals surface area contributed by atoms with Crippen LogP contribution in [0.5, 0.6) is 5.75 Å². The van der Waals surface area contributed by atoms with E-state index in [1.165, 1.54) is 12.1 Å². The summed E-state index contributed by atoms with van der Waals surface area (Å²) in [5.74, 6) is 0.407. The highest BCUT2D eigenvalue weighted by molar-refractivity contribution is 5.96. The van der Waals surface area contributed by atoms with E-state index in [0.29, 0.717) is 31.1 Å². The molecule has 3 amide bonds. The molecule has 7 heteroatoms. The first-order chi connectivity index (χ1) is 13.9. The number of carbonyl (C=O) groups excluding carboxylic acids is 3. The molecule has 0 aromatic heterocycles. The number of nitrogens with zero attached hydrogens (tertiary/aromatic N) is 2. The number of nitrogens with one attached hydrogen (secondary N) is 1. The smallest absolute Gasteiger partial charge is 0.251 e. The van der Waals surface area contributed by atoms with Gasteiger partial charge in [-0.05, 0) is 37.0 Å². The minimum Gasteiger partial charge on any atom is -0.508 e. The molecule has 3 atom stereocenters. The molecule has 7 nitrogen and oxygen atoms in total. The number of phenolic OH excluding ortho intramolecular Hbond substituents is 1. The van der Waals surface area contributed by atoms with E-state index in [0.717, 1.165) is 25.7 Å². The fraction of sp³-hybridized carbons (Fsp3) is 0.591. The van der Waals surface area contributed by atoms with Gasteiger partial charge in [0.05, 0.1) is 6.54 Å². The Balaban J connectivity index is 1.54. The second kappa shape index (κ2) is 9.29. The first-order valence-electron chi connectivity index (χ1n) is 10.6. The lowest BCUT2D eigenvalue weighted by atomic mass is 10.0. The summed E-state index contributed by atoms with van der Waals surface area (Å²) >= 11 is 0. The van der Waals surface area contributed by atoms with Gasteiger partial charge in [-0.1, -0.05) is 32.8 Å². The molecule has 1 aromatic rings. The standard InChI is InChI=1S/C22H31N3O4/c1-3-6-17-14-24(9-10-25(17)22(29)19-12-15(19)4-2)20(27)13-23-21(28)16-7-5-8-18(26)11-16/h5,7-8,11,15,17,19,26H,3-4,6,9-10,12-14H2,1-2H3,(H,23,28)/t15-,17?,19-/m1/s1. The van der Waals surface area contributed by atoms with E-state index in [2.05, 4.69) is 19.2 Å². The van der Waals surface area contributed by atoms with Crippen LogP contribution in [0.15, 0.2) is 24.3 Å². The molecule has 0 bridgehead atoms. The third-order valence-electron chi connectivity index (χ3n) is 6.01. The molecule has 0 radical (unpaired) electrons. The molecular weight excluding hydrogens is 370 g/mol. The molecule has 1 aliphatic carbocycles. The second-order valence-electron chi connectivity index (χ2n) is 8.06. The Bertz CT molecular complexity index is 766. The van der Waals surface area contributed by atoms with Crippen molar-refractivity contribution in [1.29, 1.82) is 0 Å². The van der Waals surface area contributed by atoms with E-state index < -0.39 is 5.91 Å². The highest BCUT2D eigenvalue weighted by Gasteiger charge is 2.45. The normalized spacial score (nSPS) is 23.6. The third-order valence-corrected chi connectivity index (χ3v) is 6.01. The fourth-order valence-corrected chi connectivity index (χ4v) is 4.18. The predicted molar refractivity (Wildman–Crippen MR) is 109 cm³/mol. The molecule has 1 unspecified atom stereocenters. The van der Waals surface area contributed by atoms with Crippen LogP contribution in [0, 0.1) is 11.8 Å². The summed E-state index contributed by atoms with van der Waals surface area (Å²) in [5, 5.41) is 12.1. The average Bonchev–Trinajstić information content (AvgIpc) is 3.51.